The van der Waals surface area contributed by atoms with Crippen LogP contribution in [0, 0.1) is 0 Å². The molecule has 1 rings (SSSR count). The number of ether oxygens (including phenoxy) is 1. The fourth-order valence-corrected chi connectivity index (χ4v) is 2.71. The Balaban J connectivity index is 2.56. The van der Waals surface area contributed by atoms with E-state index in [1.807, 2.05) is 38.1 Å². The average Bonchev–Trinajstić information content (AvgIpc) is 2.44. The Labute approximate surface area is 138 Å². The van der Waals surface area contributed by atoms with Gasteiger partial charge in [0, 0.05) is 15.4 Å². The molecule has 0 saturated heterocycles. The van der Waals surface area contributed by atoms with E-state index < -0.39 is 0 Å². The van der Waals surface area contributed by atoms with Crippen molar-refractivity contribution in [1.82, 2.24) is 4.90 Å². The van der Waals surface area contributed by atoms with Crippen LogP contribution in [-0.4, -0.2) is 41.7 Å². The Morgan fingerprint density at radius 1 is 1.29 bits per heavy atom. The van der Waals surface area contributed by atoms with E-state index in [9.17, 15) is 9.59 Å². The summed E-state index contributed by atoms with van der Waals surface area (Å²) in [7, 11) is 0. The molecule has 0 atom stereocenters. The van der Waals surface area contributed by atoms with Crippen molar-refractivity contribution in [2.75, 3.05) is 18.9 Å². The molecule has 0 heterocycles. The highest BCUT2D eigenvalue weighted by atomic mass is 79.9. The molecule has 0 aliphatic heterocycles. The van der Waals surface area contributed by atoms with E-state index in [1.54, 1.807) is 11.8 Å². The van der Waals surface area contributed by atoms with Crippen LogP contribution in [0.1, 0.15) is 20.8 Å². The van der Waals surface area contributed by atoms with Crippen LogP contribution in [0.3, 0.4) is 0 Å². The molecule has 0 spiro atoms. The summed E-state index contributed by atoms with van der Waals surface area (Å²) >= 11 is 4.83. The molecule has 0 fully saturated rings. The molecule has 6 heteroatoms. The second-order valence-electron chi connectivity index (χ2n) is 4.66. The third-order valence-electron chi connectivity index (χ3n) is 2.72. The number of amides is 1. The lowest BCUT2D eigenvalue weighted by atomic mass is 10.3. The average molecular weight is 374 g/mol. The van der Waals surface area contributed by atoms with E-state index >= 15 is 0 Å². The maximum atomic E-state index is 12.3. The van der Waals surface area contributed by atoms with Crippen LogP contribution in [0.4, 0.5) is 0 Å². The van der Waals surface area contributed by atoms with Gasteiger partial charge in [-0.15, -0.1) is 11.8 Å². The monoisotopic (exact) mass is 373 g/mol. The number of rotatable bonds is 7. The molecule has 0 aliphatic rings. The van der Waals surface area contributed by atoms with Crippen LogP contribution < -0.4 is 0 Å². The van der Waals surface area contributed by atoms with E-state index in [1.165, 1.54) is 11.8 Å². The Morgan fingerprint density at radius 3 is 2.43 bits per heavy atom. The van der Waals surface area contributed by atoms with Crippen LogP contribution in [-0.2, 0) is 14.3 Å². The summed E-state index contributed by atoms with van der Waals surface area (Å²) < 4.78 is 5.91. The van der Waals surface area contributed by atoms with Crippen LogP contribution in [0.2, 0.25) is 0 Å². The highest BCUT2D eigenvalue weighted by Crippen LogP contribution is 2.21. The van der Waals surface area contributed by atoms with E-state index in [-0.39, 0.29) is 24.5 Å². The molecule has 1 amide bonds. The van der Waals surface area contributed by atoms with Crippen LogP contribution >= 0.6 is 27.7 Å². The fourth-order valence-electron chi connectivity index (χ4n) is 1.66. The van der Waals surface area contributed by atoms with Crippen molar-refractivity contribution in [3.05, 3.63) is 28.7 Å². The van der Waals surface area contributed by atoms with Gasteiger partial charge in [-0.3, -0.25) is 9.59 Å². The van der Waals surface area contributed by atoms with Crippen molar-refractivity contribution in [2.45, 2.75) is 31.7 Å². The quantitative estimate of drug-likeness (QED) is 0.543. The fraction of sp³-hybridized carbons (Fsp3) is 0.467. The molecular formula is C15H20BrNO3S. The van der Waals surface area contributed by atoms with Crippen molar-refractivity contribution in [3.8, 4) is 0 Å². The van der Waals surface area contributed by atoms with Crippen molar-refractivity contribution in [3.63, 3.8) is 0 Å². The maximum absolute atomic E-state index is 12.3. The highest BCUT2D eigenvalue weighted by Gasteiger charge is 2.20. The number of benzene rings is 1. The zero-order valence-electron chi connectivity index (χ0n) is 12.5. The number of halogens is 1. The molecule has 0 radical (unpaired) electrons. The van der Waals surface area contributed by atoms with Gasteiger partial charge < -0.3 is 9.64 Å². The molecule has 4 nitrogen and oxygen atoms in total. The first-order chi connectivity index (χ1) is 9.93. The Bertz CT molecular complexity index is 476. The first-order valence-corrected chi connectivity index (χ1v) is 8.55. The van der Waals surface area contributed by atoms with Crippen LogP contribution in [0.15, 0.2) is 33.6 Å². The Kier molecular flexibility index (Phi) is 7.82. The minimum absolute atomic E-state index is 0.00520. The molecule has 0 aliphatic carbocycles. The van der Waals surface area contributed by atoms with Crippen molar-refractivity contribution in [1.29, 1.82) is 0 Å². The molecule has 0 bridgehead atoms. The van der Waals surface area contributed by atoms with E-state index in [2.05, 4.69) is 15.9 Å². The zero-order chi connectivity index (χ0) is 15.8. The van der Waals surface area contributed by atoms with Gasteiger partial charge in [-0.1, -0.05) is 15.9 Å². The van der Waals surface area contributed by atoms with Crippen LogP contribution in [0.25, 0.3) is 0 Å². The number of esters is 1. The smallest absolute Gasteiger partial charge is 0.325 e. The number of nitrogens with zero attached hydrogens (tertiary/aromatic N) is 1. The molecule has 0 aromatic heterocycles. The molecule has 0 saturated carbocycles. The second kappa shape index (κ2) is 9.10. The number of carbonyl (C=O) groups is 2. The molecule has 21 heavy (non-hydrogen) atoms. The standard InChI is InChI=1S/C15H20BrNO3S/c1-4-20-15(19)9-17(11(2)3)14(18)10-21-13-7-5-12(16)6-8-13/h5-8,11H,4,9-10H2,1-3H3. The minimum atomic E-state index is -0.367. The third-order valence-corrected chi connectivity index (χ3v) is 4.25. The molecule has 1 aromatic rings. The zero-order valence-corrected chi connectivity index (χ0v) is 14.9. The van der Waals surface area contributed by atoms with E-state index in [4.69, 9.17) is 4.74 Å². The number of hydrogen-bond acceptors (Lipinski definition) is 4. The Hall–Kier alpha value is -1.01. The van der Waals surface area contributed by atoms with Gasteiger partial charge in [-0.05, 0) is 45.0 Å². The van der Waals surface area contributed by atoms with Gasteiger partial charge in [0.05, 0.1) is 12.4 Å². The summed E-state index contributed by atoms with van der Waals surface area (Å²) in [5, 5.41) is 0. The summed E-state index contributed by atoms with van der Waals surface area (Å²) in [4.78, 5) is 26.4. The summed E-state index contributed by atoms with van der Waals surface area (Å²) in [5.41, 5.74) is 0. The lowest BCUT2D eigenvalue weighted by molar-refractivity contribution is -0.149. The lowest BCUT2D eigenvalue weighted by Gasteiger charge is -2.25. The lowest BCUT2D eigenvalue weighted by Crippen LogP contribution is -2.42. The summed E-state index contributed by atoms with van der Waals surface area (Å²) in [6.45, 7) is 5.86. The van der Waals surface area contributed by atoms with Crippen molar-refractivity contribution >= 4 is 39.6 Å². The van der Waals surface area contributed by atoms with Gasteiger partial charge in [0.2, 0.25) is 5.91 Å². The van der Waals surface area contributed by atoms with Crippen molar-refractivity contribution < 1.29 is 14.3 Å². The van der Waals surface area contributed by atoms with Gasteiger partial charge in [0.15, 0.2) is 0 Å². The van der Waals surface area contributed by atoms with Crippen molar-refractivity contribution in [2.24, 2.45) is 0 Å². The first-order valence-electron chi connectivity index (χ1n) is 6.77. The normalized spacial score (nSPS) is 10.5. The number of thioether (sulfide) groups is 1. The molecule has 1 aromatic carbocycles. The second-order valence-corrected chi connectivity index (χ2v) is 6.63. The molecular weight excluding hydrogens is 354 g/mol. The first kappa shape index (κ1) is 18.0. The van der Waals surface area contributed by atoms with Gasteiger partial charge in [0.25, 0.3) is 0 Å². The molecule has 116 valence electrons. The predicted molar refractivity (Wildman–Crippen MR) is 88.3 cm³/mol. The summed E-state index contributed by atoms with van der Waals surface area (Å²) in [6, 6.07) is 7.74. The van der Waals surface area contributed by atoms with Gasteiger partial charge in [-0.25, -0.2) is 0 Å². The topological polar surface area (TPSA) is 46.6 Å². The van der Waals surface area contributed by atoms with E-state index in [0.29, 0.717) is 12.4 Å². The minimum Gasteiger partial charge on any atom is -0.465 e. The highest BCUT2D eigenvalue weighted by molar-refractivity contribution is 9.10. The summed E-state index contributed by atoms with van der Waals surface area (Å²) in [5.74, 6) is -0.127. The van der Waals surface area contributed by atoms with Gasteiger partial charge in [-0.2, -0.15) is 0 Å². The Morgan fingerprint density at radius 2 is 1.90 bits per heavy atom. The SMILES string of the molecule is CCOC(=O)CN(C(=O)CSc1ccc(Br)cc1)C(C)C. The van der Waals surface area contributed by atoms with Crippen LogP contribution in [0.5, 0.6) is 0 Å². The molecule has 0 N–H and O–H groups in total. The molecule has 0 unspecified atom stereocenters. The predicted octanol–water partition coefficient (Wildman–Crippen LogP) is 3.34. The van der Waals surface area contributed by atoms with E-state index in [0.717, 1.165) is 9.37 Å². The number of hydrogen-bond donors (Lipinski definition) is 0. The maximum Gasteiger partial charge on any atom is 0.325 e. The third kappa shape index (κ3) is 6.52. The van der Waals surface area contributed by atoms with Gasteiger partial charge in [0.1, 0.15) is 6.54 Å². The largest absolute Gasteiger partial charge is 0.465 e. The number of carbonyl (C=O) groups excluding carboxylic acids is 2. The van der Waals surface area contributed by atoms with Gasteiger partial charge >= 0.3 is 5.97 Å². The summed E-state index contributed by atoms with van der Waals surface area (Å²) in [6.07, 6.45) is 0.